The van der Waals surface area contributed by atoms with Gasteiger partial charge in [-0.15, -0.1) is 11.3 Å². The molecule has 0 aliphatic heterocycles. The number of nitrogen functional groups attached to an aromatic ring is 1. The Kier molecular flexibility index (Phi) is 2.03. The van der Waals surface area contributed by atoms with E-state index >= 15 is 0 Å². The van der Waals surface area contributed by atoms with Crippen LogP contribution < -0.4 is 5.73 Å². The van der Waals surface area contributed by atoms with Crippen molar-refractivity contribution >= 4 is 17.2 Å². The van der Waals surface area contributed by atoms with Gasteiger partial charge in [-0.1, -0.05) is 0 Å². The number of hydrogen-bond acceptors (Lipinski definition) is 4. The predicted octanol–water partition coefficient (Wildman–Crippen LogP) is 1.74. The molecule has 2 aromatic heterocycles. The van der Waals surface area contributed by atoms with Crippen LogP contribution in [0.4, 0.5) is 5.82 Å². The van der Waals surface area contributed by atoms with Crippen molar-refractivity contribution in [2.45, 2.75) is 13.8 Å². The topological polar surface area (TPSA) is 56.7 Å². The Bertz CT molecular complexity index is 469. The number of nitrogens with two attached hydrogens (primary N) is 1. The standard InChI is InChI=1S/C9H12N4S/c1-5-8(12-13(3)9(5)10)7-4-11-6(2)14-7/h4H,10H2,1-3H3. The smallest absolute Gasteiger partial charge is 0.124 e. The summed E-state index contributed by atoms with van der Waals surface area (Å²) in [4.78, 5) is 5.28. The normalized spacial score (nSPS) is 10.8. The van der Waals surface area contributed by atoms with Gasteiger partial charge in [0.15, 0.2) is 0 Å². The third kappa shape index (κ3) is 1.29. The largest absolute Gasteiger partial charge is 0.384 e. The van der Waals surface area contributed by atoms with E-state index in [1.54, 1.807) is 16.0 Å². The van der Waals surface area contributed by atoms with E-state index in [1.807, 2.05) is 27.1 Å². The van der Waals surface area contributed by atoms with Crippen molar-refractivity contribution in [3.63, 3.8) is 0 Å². The number of nitrogens with zero attached hydrogens (tertiary/aromatic N) is 3. The van der Waals surface area contributed by atoms with Crippen LogP contribution in [0.2, 0.25) is 0 Å². The molecule has 0 atom stereocenters. The molecule has 14 heavy (non-hydrogen) atoms. The Morgan fingerprint density at radius 1 is 1.43 bits per heavy atom. The van der Waals surface area contributed by atoms with E-state index in [0.29, 0.717) is 5.82 Å². The van der Waals surface area contributed by atoms with Gasteiger partial charge in [-0.2, -0.15) is 5.10 Å². The average molecular weight is 208 g/mol. The summed E-state index contributed by atoms with van der Waals surface area (Å²) >= 11 is 1.63. The van der Waals surface area contributed by atoms with Crippen LogP contribution in [0.1, 0.15) is 10.6 Å². The summed E-state index contributed by atoms with van der Waals surface area (Å²) in [6, 6.07) is 0. The Hall–Kier alpha value is -1.36. The first-order valence-electron chi connectivity index (χ1n) is 4.31. The molecule has 74 valence electrons. The number of aromatic nitrogens is 3. The van der Waals surface area contributed by atoms with E-state index in [1.165, 1.54) is 0 Å². The molecular weight excluding hydrogens is 196 g/mol. The van der Waals surface area contributed by atoms with Crippen molar-refractivity contribution in [3.05, 3.63) is 16.8 Å². The van der Waals surface area contributed by atoms with Gasteiger partial charge in [-0.25, -0.2) is 4.98 Å². The number of aryl methyl sites for hydroxylation is 2. The van der Waals surface area contributed by atoms with Gasteiger partial charge >= 0.3 is 0 Å². The highest BCUT2D eigenvalue weighted by atomic mass is 32.1. The summed E-state index contributed by atoms with van der Waals surface area (Å²) in [5.74, 6) is 0.714. The predicted molar refractivity (Wildman–Crippen MR) is 58.2 cm³/mol. The molecular formula is C9H12N4S. The average Bonchev–Trinajstić information content (AvgIpc) is 2.66. The lowest BCUT2D eigenvalue weighted by atomic mass is 10.2. The highest BCUT2D eigenvalue weighted by molar-refractivity contribution is 7.15. The van der Waals surface area contributed by atoms with E-state index in [0.717, 1.165) is 21.1 Å². The van der Waals surface area contributed by atoms with Gasteiger partial charge in [-0.3, -0.25) is 4.68 Å². The molecule has 4 nitrogen and oxygen atoms in total. The summed E-state index contributed by atoms with van der Waals surface area (Å²) in [6.45, 7) is 3.96. The van der Waals surface area contributed by atoms with E-state index in [9.17, 15) is 0 Å². The Balaban J connectivity index is 2.57. The minimum atomic E-state index is 0.714. The lowest BCUT2D eigenvalue weighted by molar-refractivity contribution is 0.782. The van der Waals surface area contributed by atoms with Gasteiger partial charge < -0.3 is 5.73 Å². The Labute approximate surface area is 86.4 Å². The first kappa shape index (κ1) is 9.21. The molecule has 5 heteroatoms. The summed E-state index contributed by atoms with van der Waals surface area (Å²) < 4.78 is 1.69. The molecule has 0 unspecified atom stereocenters. The number of hydrogen-bond donors (Lipinski definition) is 1. The first-order chi connectivity index (χ1) is 6.59. The highest BCUT2D eigenvalue weighted by Crippen LogP contribution is 2.29. The minimum Gasteiger partial charge on any atom is -0.384 e. The fraction of sp³-hybridized carbons (Fsp3) is 0.333. The van der Waals surface area contributed by atoms with Gasteiger partial charge in [0, 0.05) is 18.8 Å². The van der Waals surface area contributed by atoms with Crippen molar-refractivity contribution < 1.29 is 0 Å². The molecule has 2 N–H and O–H groups in total. The second-order valence-corrected chi connectivity index (χ2v) is 4.46. The first-order valence-corrected chi connectivity index (χ1v) is 5.13. The fourth-order valence-electron chi connectivity index (χ4n) is 1.35. The van der Waals surface area contributed by atoms with Gasteiger partial charge in [-0.05, 0) is 13.8 Å². The van der Waals surface area contributed by atoms with Crippen LogP contribution in [0.15, 0.2) is 6.20 Å². The van der Waals surface area contributed by atoms with Crippen molar-refractivity contribution in [1.29, 1.82) is 0 Å². The molecule has 0 saturated heterocycles. The van der Waals surface area contributed by atoms with E-state index < -0.39 is 0 Å². The zero-order valence-corrected chi connectivity index (χ0v) is 9.22. The molecule has 0 aliphatic carbocycles. The van der Waals surface area contributed by atoms with Crippen LogP contribution in [0.3, 0.4) is 0 Å². The third-order valence-electron chi connectivity index (χ3n) is 2.19. The summed E-state index contributed by atoms with van der Waals surface area (Å²) in [6.07, 6.45) is 1.84. The van der Waals surface area contributed by atoms with E-state index in [4.69, 9.17) is 5.73 Å². The summed E-state index contributed by atoms with van der Waals surface area (Å²) in [5.41, 5.74) is 7.80. The minimum absolute atomic E-state index is 0.714. The number of thiazole rings is 1. The molecule has 0 aromatic carbocycles. The van der Waals surface area contributed by atoms with Crippen molar-refractivity contribution in [2.24, 2.45) is 7.05 Å². The Morgan fingerprint density at radius 2 is 2.14 bits per heavy atom. The second kappa shape index (κ2) is 3.09. The molecule has 2 aromatic rings. The van der Waals surface area contributed by atoms with Crippen LogP contribution in [0.5, 0.6) is 0 Å². The van der Waals surface area contributed by atoms with Crippen LogP contribution in [-0.4, -0.2) is 14.8 Å². The van der Waals surface area contributed by atoms with E-state index in [-0.39, 0.29) is 0 Å². The number of anilines is 1. The molecule has 0 spiro atoms. The van der Waals surface area contributed by atoms with Gasteiger partial charge in [0.2, 0.25) is 0 Å². The summed E-state index contributed by atoms with van der Waals surface area (Å²) in [7, 11) is 1.85. The highest BCUT2D eigenvalue weighted by Gasteiger charge is 2.13. The van der Waals surface area contributed by atoms with Crippen LogP contribution >= 0.6 is 11.3 Å². The molecule has 0 saturated carbocycles. The Morgan fingerprint density at radius 3 is 2.57 bits per heavy atom. The van der Waals surface area contributed by atoms with Gasteiger partial charge in [0.05, 0.1) is 9.88 Å². The number of rotatable bonds is 1. The lowest BCUT2D eigenvalue weighted by Crippen LogP contribution is -1.97. The molecule has 2 heterocycles. The summed E-state index contributed by atoms with van der Waals surface area (Å²) in [5, 5.41) is 5.40. The lowest BCUT2D eigenvalue weighted by Gasteiger charge is -1.91. The molecule has 0 aliphatic rings. The second-order valence-electron chi connectivity index (χ2n) is 3.23. The SMILES string of the molecule is Cc1ncc(-c2nn(C)c(N)c2C)s1. The fourth-order valence-corrected chi connectivity index (χ4v) is 2.17. The zero-order valence-electron chi connectivity index (χ0n) is 8.40. The zero-order chi connectivity index (χ0) is 10.3. The van der Waals surface area contributed by atoms with E-state index in [2.05, 4.69) is 10.1 Å². The molecule has 0 amide bonds. The van der Waals surface area contributed by atoms with Gasteiger partial charge in [0.1, 0.15) is 11.5 Å². The molecule has 2 rings (SSSR count). The maximum Gasteiger partial charge on any atom is 0.124 e. The maximum absolute atomic E-state index is 5.83. The quantitative estimate of drug-likeness (QED) is 0.776. The van der Waals surface area contributed by atoms with Crippen molar-refractivity contribution in [3.8, 4) is 10.6 Å². The maximum atomic E-state index is 5.83. The monoisotopic (exact) mass is 208 g/mol. The molecule has 0 fully saturated rings. The van der Waals surface area contributed by atoms with Crippen molar-refractivity contribution in [2.75, 3.05) is 5.73 Å². The van der Waals surface area contributed by atoms with Crippen LogP contribution in [0.25, 0.3) is 10.6 Å². The van der Waals surface area contributed by atoms with Crippen LogP contribution in [-0.2, 0) is 7.05 Å². The molecule has 0 bridgehead atoms. The van der Waals surface area contributed by atoms with Crippen LogP contribution in [0, 0.1) is 13.8 Å². The van der Waals surface area contributed by atoms with Gasteiger partial charge in [0.25, 0.3) is 0 Å². The third-order valence-corrected chi connectivity index (χ3v) is 3.11. The molecule has 0 radical (unpaired) electrons. The van der Waals surface area contributed by atoms with Crippen molar-refractivity contribution in [1.82, 2.24) is 14.8 Å².